The van der Waals surface area contributed by atoms with Crippen LogP contribution in [-0.4, -0.2) is 31.3 Å². The molecule has 0 saturated carbocycles. The number of hydrogen-bond acceptors (Lipinski definition) is 2. The van der Waals surface area contributed by atoms with Crippen molar-refractivity contribution in [3.05, 3.63) is 47.5 Å². The molecule has 2 N–H and O–H groups in total. The zero-order valence-corrected chi connectivity index (χ0v) is 17.0. The van der Waals surface area contributed by atoms with Crippen molar-refractivity contribution in [3.8, 4) is 0 Å². The fourth-order valence-corrected chi connectivity index (χ4v) is 2.52. The number of benzene rings is 1. The van der Waals surface area contributed by atoms with Crippen molar-refractivity contribution >= 4 is 29.9 Å². The molecule has 1 aromatic rings. The first-order valence-electron chi connectivity index (χ1n) is 8.38. The Labute approximate surface area is 169 Å². The van der Waals surface area contributed by atoms with E-state index < -0.39 is 12.8 Å². The summed E-state index contributed by atoms with van der Waals surface area (Å²) in [6, 6.07) is 7.63. The van der Waals surface area contributed by atoms with Gasteiger partial charge in [0, 0.05) is 12.6 Å². The highest BCUT2D eigenvalue weighted by atomic mass is 127. The molecule has 1 aliphatic rings. The number of aliphatic imine (C=N–C) groups is 1. The van der Waals surface area contributed by atoms with Gasteiger partial charge >= 0.3 is 6.18 Å². The minimum absolute atomic E-state index is 0. The Kier molecular flexibility index (Phi) is 10.0. The van der Waals surface area contributed by atoms with Crippen molar-refractivity contribution in [2.24, 2.45) is 4.99 Å². The van der Waals surface area contributed by atoms with Crippen molar-refractivity contribution in [3.63, 3.8) is 0 Å². The fourth-order valence-electron chi connectivity index (χ4n) is 2.52. The molecule has 1 aromatic carbocycles. The molecule has 0 aromatic heterocycles. The summed E-state index contributed by atoms with van der Waals surface area (Å²) < 4.78 is 41.1. The third-order valence-electron chi connectivity index (χ3n) is 3.64. The Hall–Kier alpha value is -1.29. The van der Waals surface area contributed by atoms with Crippen LogP contribution in [-0.2, 0) is 17.9 Å². The summed E-state index contributed by atoms with van der Waals surface area (Å²) in [6.07, 6.45) is 1.95. The number of guanidine groups is 1. The van der Waals surface area contributed by atoms with Crippen LogP contribution >= 0.6 is 24.0 Å². The molecule has 146 valence electrons. The number of alkyl halides is 3. The molecule has 0 fully saturated rings. The van der Waals surface area contributed by atoms with Crippen LogP contribution in [0.4, 0.5) is 13.2 Å². The largest absolute Gasteiger partial charge is 0.411 e. The molecule has 1 aliphatic carbocycles. The number of ether oxygens (including phenoxy) is 1. The smallest absolute Gasteiger partial charge is 0.367 e. The Morgan fingerprint density at radius 1 is 1.23 bits per heavy atom. The summed E-state index contributed by atoms with van der Waals surface area (Å²) in [5.41, 5.74) is 1.63. The van der Waals surface area contributed by atoms with E-state index in [1.165, 1.54) is 0 Å². The van der Waals surface area contributed by atoms with E-state index in [-0.39, 0.29) is 30.6 Å². The molecule has 0 saturated heterocycles. The van der Waals surface area contributed by atoms with E-state index in [1.807, 2.05) is 19.1 Å². The van der Waals surface area contributed by atoms with Crippen LogP contribution in [0, 0.1) is 0 Å². The van der Waals surface area contributed by atoms with E-state index in [0.717, 1.165) is 30.9 Å². The summed E-state index contributed by atoms with van der Waals surface area (Å²) in [5, 5.41) is 6.59. The summed E-state index contributed by atoms with van der Waals surface area (Å²) >= 11 is 0. The second-order valence-corrected chi connectivity index (χ2v) is 5.91. The van der Waals surface area contributed by atoms with E-state index in [9.17, 15) is 13.2 Å². The zero-order valence-electron chi connectivity index (χ0n) is 14.7. The van der Waals surface area contributed by atoms with E-state index in [0.29, 0.717) is 18.2 Å². The highest BCUT2D eigenvalue weighted by Crippen LogP contribution is 2.16. The van der Waals surface area contributed by atoms with Gasteiger partial charge in [-0.25, -0.2) is 4.99 Å². The maximum Gasteiger partial charge on any atom is 0.411 e. The topological polar surface area (TPSA) is 45.7 Å². The predicted octanol–water partition coefficient (Wildman–Crippen LogP) is 4.16. The summed E-state index contributed by atoms with van der Waals surface area (Å²) in [6.45, 7) is 1.91. The monoisotopic (exact) mass is 483 g/mol. The number of nitrogens with zero attached hydrogens (tertiary/aromatic N) is 1. The van der Waals surface area contributed by atoms with Gasteiger partial charge in [-0.1, -0.05) is 36.4 Å². The maximum atomic E-state index is 12.1. The number of halogens is 4. The van der Waals surface area contributed by atoms with Crippen LogP contribution in [0.15, 0.2) is 41.4 Å². The van der Waals surface area contributed by atoms with Crippen molar-refractivity contribution in [2.75, 3.05) is 13.2 Å². The molecule has 0 atom stereocenters. The van der Waals surface area contributed by atoms with Crippen LogP contribution in [0.5, 0.6) is 0 Å². The maximum absolute atomic E-state index is 12.1. The van der Waals surface area contributed by atoms with Gasteiger partial charge < -0.3 is 15.4 Å². The van der Waals surface area contributed by atoms with Gasteiger partial charge in [-0.2, -0.15) is 13.2 Å². The normalized spacial score (nSPS) is 15.0. The SMILES string of the molecule is CCNC(=NCc1cccc(COCC(F)(F)F)c1)NC1CC=CC1.I. The van der Waals surface area contributed by atoms with E-state index in [2.05, 4.69) is 27.8 Å². The van der Waals surface area contributed by atoms with Crippen LogP contribution in [0.1, 0.15) is 30.9 Å². The Morgan fingerprint density at radius 2 is 1.92 bits per heavy atom. The van der Waals surface area contributed by atoms with Gasteiger partial charge in [0.25, 0.3) is 0 Å². The first kappa shape index (κ1) is 22.8. The second kappa shape index (κ2) is 11.4. The van der Waals surface area contributed by atoms with Crippen LogP contribution in [0.25, 0.3) is 0 Å². The second-order valence-electron chi connectivity index (χ2n) is 5.91. The van der Waals surface area contributed by atoms with Crippen molar-refractivity contribution in [1.82, 2.24) is 10.6 Å². The molecule has 4 nitrogen and oxygen atoms in total. The minimum Gasteiger partial charge on any atom is -0.367 e. The molecule has 0 amide bonds. The van der Waals surface area contributed by atoms with Crippen molar-refractivity contribution < 1.29 is 17.9 Å². The third kappa shape index (κ3) is 8.88. The molecular weight excluding hydrogens is 458 g/mol. The molecule has 0 aliphatic heterocycles. The quantitative estimate of drug-likeness (QED) is 0.265. The molecule has 0 unspecified atom stereocenters. The average Bonchev–Trinajstić information content (AvgIpc) is 3.05. The van der Waals surface area contributed by atoms with Gasteiger partial charge in [0.2, 0.25) is 0 Å². The highest BCUT2D eigenvalue weighted by Gasteiger charge is 2.27. The lowest BCUT2D eigenvalue weighted by molar-refractivity contribution is -0.176. The molecule has 8 heteroatoms. The van der Waals surface area contributed by atoms with Gasteiger partial charge in [-0.3, -0.25) is 0 Å². The molecule has 0 heterocycles. The van der Waals surface area contributed by atoms with Gasteiger partial charge in [-0.15, -0.1) is 24.0 Å². The number of hydrogen-bond donors (Lipinski definition) is 2. The summed E-state index contributed by atoms with van der Waals surface area (Å²) in [5.74, 6) is 0.745. The summed E-state index contributed by atoms with van der Waals surface area (Å²) in [4.78, 5) is 4.55. The van der Waals surface area contributed by atoms with Crippen LogP contribution < -0.4 is 10.6 Å². The minimum atomic E-state index is -4.30. The summed E-state index contributed by atoms with van der Waals surface area (Å²) in [7, 11) is 0. The number of nitrogens with one attached hydrogen (secondary N) is 2. The molecule has 0 bridgehead atoms. The molecular formula is C18H25F3IN3O. The highest BCUT2D eigenvalue weighted by molar-refractivity contribution is 14.0. The molecule has 26 heavy (non-hydrogen) atoms. The van der Waals surface area contributed by atoms with Crippen molar-refractivity contribution in [1.29, 1.82) is 0 Å². The Balaban J connectivity index is 0.00000338. The predicted molar refractivity (Wildman–Crippen MR) is 108 cm³/mol. The molecule has 2 rings (SSSR count). The number of rotatable bonds is 7. The van der Waals surface area contributed by atoms with Crippen LogP contribution in [0.3, 0.4) is 0 Å². The molecule has 0 radical (unpaired) electrons. The fraction of sp³-hybridized carbons (Fsp3) is 0.500. The Bertz CT molecular complexity index is 598. The lowest BCUT2D eigenvalue weighted by atomic mass is 10.1. The van der Waals surface area contributed by atoms with Gasteiger partial charge in [0.1, 0.15) is 6.61 Å². The first-order valence-corrected chi connectivity index (χ1v) is 8.38. The average molecular weight is 483 g/mol. The standard InChI is InChI=1S/C18H24F3N3O.HI/c1-2-22-17(24-16-8-3-4-9-16)23-11-14-6-5-7-15(10-14)12-25-13-18(19,20)21;/h3-7,10,16H,2,8-9,11-13H2,1H3,(H2,22,23,24);1H. The lowest BCUT2D eigenvalue weighted by Gasteiger charge is -2.16. The van der Waals surface area contributed by atoms with Crippen LogP contribution in [0.2, 0.25) is 0 Å². The third-order valence-corrected chi connectivity index (χ3v) is 3.64. The zero-order chi connectivity index (χ0) is 18.1. The Morgan fingerprint density at radius 3 is 2.58 bits per heavy atom. The van der Waals surface area contributed by atoms with Gasteiger partial charge in [0.15, 0.2) is 5.96 Å². The molecule has 0 spiro atoms. The van der Waals surface area contributed by atoms with Gasteiger partial charge in [0.05, 0.1) is 13.2 Å². The van der Waals surface area contributed by atoms with E-state index in [4.69, 9.17) is 4.74 Å². The van der Waals surface area contributed by atoms with Gasteiger partial charge in [-0.05, 0) is 30.9 Å². The van der Waals surface area contributed by atoms with E-state index >= 15 is 0 Å². The van der Waals surface area contributed by atoms with Crippen molar-refractivity contribution in [2.45, 2.75) is 45.1 Å². The first-order chi connectivity index (χ1) is 12.0. The van der Waals surface area contributed by atoms with E-state index in [1.54, 1.807) is 12.1 Å². The lowest BCUT2D eigenvalue weighted by Crippen LogP contribution is -2.42.